The highest BCUT2D eigenvalue weighted by Gasteiger charge is 2.14. The molecule has 0 saturated carbocycles. The van der Waals surface area contributed by atoms with Gasteiger partial charge in [0, 0.05) is 5.69 Å². The van der Waals surface area contributed by atoms with Crippen LogP contribution in [0.3, 0.4) is 0 Å². The van der Waals surface area contributed by atoms with Gasteiger partial charge in [-0.2, -0.15) is 0 Å². The second kappa shape index (κ2) is 5.36. The Bertz CT molecular complexity index is 520. The lowest BCUT2D eigenvalue weighted by molar-refractivity contribution is 0.201. The van der Waals surface area contributed by atoms with Crippen LogP contribution in [0.25, 0.3) is 0 Å². The SMILES string of the molecule is Cc1ccc(N(Cc2ccccc2)C(=O)O)cc1. The summed E-state index contributed by atoms with van der Waals surface area (Å²) in [7, 11) is 0. The number of amides is 1. The van der Waals surface area contributed by atoms with E-state index in [1.807, 2.05) is 61.5 Å². The third-order valence-electron chi connectivity index (χ3n) is 2.76. The number of nitrogens with zero attached hydrogens (tertiary/aromatic N) is 1. The molecule has 0 spiro atoms. The van der Waals surface area contributed by atoms with Crippen LogP contribution in [0.4, 0.5) is 10.5 Å². The van der Waals surface area contributed by atoms with E-state index in [-0.39, 0.29) is 0 Å². The normalized spacial score (nSPS) is 10.1. The van der Waals surface area contributed by atoms with E-state index in [2.05, 4.69) is 0 Å². The molecular formula is C15H15NO2. The van der Waals surface area contributed by atoms with Crippen molar-refractivity contribution >= 4 is 11.8 Å². The van der Waals surface area contributed by atoms with Crippen molar-refractivity contribution in [2.75, 3.05) is 4.90 Å². The maximum atomic E-state index is 11.3. The number of aryl methyl sites for hydroxylation is 1. The predicted octanol–water partition coefficient (Wildman–Crippen LogP) is 3.68. The Hall–Kier alpha value is -2.29. The highest BCUT2D eigenvalue weighted by molar-refractivity contribution is 5.85. The van der Waals surface area contributed by atoms with Gasteiger partial charge in [-0.25, -0.2) is 4.79 Å². The zero-order chi connectivity index (χ0) is 13.0. The van der Waals surface area contributed by atoms with Crippen molar-refractivity contribution in [2.24, 2.45) is 0 Å². The number of carboxylic acid groups (broad SMARTS) is 1. The van der Waals surface area contributed by atoms with Gasteiger partial charge in [-0.05, 0) is 24.6 Å². The number of hydrogen-bond acceptors (Lipinski definition) is 1. The third kappa shape index (κ3) is 2.88. The maximum absolute atomic E-state index is 11.3. The Labute approximate surface area is 106 Å². The van der Waals surface area contributed by atoms with E-state index in [0.29, 0.717) is 12.2 Å². The Morgan fingerprint density at radius 3 is 2.22 bits per heavy atom. The standard InChI is InChI=1S/C15H15NO2/c1-12-7-9-14(10-8-12)16(15(17)18)11-13-5-3-2-4-6-13/h2-10H,11H2,1H3,(H,17,18). The second-order valence-corrected chi connectivity index (χ2v) is 4.19. The van der Waals surface area contributed by atoms with E-state index in [4.69, 9.17) is 0 Å². The average Bonchev–Trinajstić information content (AvgIpc) is 2.38. The van der Waals surface area contributed by atoms with Crippen molar-refractivity contribution < 1.29 is 9.90 Å². The average molecular weight is 241 g/mol. The van der Waals surface area contributed by atoms with Gasteiger partial charge in [0.15, 0.2) is 0 Å². The molecule has 2 rings (SSSR count). The summed E-state index contributed by atoms with van der Waals surface area (Å²) in [6.45, 7) is 2.34. The maximum Gasteiger partial charge on any atom is 0.412 e. The number of rotatable bonds is 3. The molecule has 0 aliphatic rings. The van der Waals surface area contributed by atoms with Crippen LogP contribution < -0.4 is 4.90 Å². The summed E-state index contributed by atoms with van der Waals surface area (Å²) in [4.78, 5) is 12.7. The molecule has 0 saturated heterocycles. The Kier molecular flexibility index (Phi) is 3.63. The zero-order valence-corrected chi connectivity index (χ0v) is 10.2. The summed E-state index contributed by atoms with van der Waals surface area (Å²) in [5, 5.41) is 9.28. The molecule has 0 radical (unpaired) electrons. The van der Waals surface area contributed by atoms with Gasteiger partial charge in [-0.1, -0.05) is 48.0 Å². The molecule has 92 valence electrons. The first kappa shape index (κ1) is 12.2. The van der Waals surface area contributed by atoms with Crippen LogP contribution in [-0.4, -0.2) is 11.2 Å². The van der Waals surface area contributed by atoms with E-state index >= 15 is 0 Å². The molecule has 0 unspecified atom stereocenters. The third-order valence-corrected chi connectivity index (χ3v) is 2.76. The molecule has 1 amide bonds. The van der Waals surface area contributed by atoms with Gasteiger partial charge in [0.05, 0.1) is 6.54 Å². The topological polar surface area (TPSA) is 40.5 Å². The van der Waals surface area contributed by atoms with Crippen molar-refractivity contribution in [3.8, 4) is 0 Å². The molecule has 2 aromatic carbocycles. The molecule has 3 nitrogen and oxygen atoms in total. The highest BCUT2D eigenvalue weighted by Crippen LogP contribution is 2.18. The lowest BCUT2D eigenvalue weighted by atomic mass is 10.2. The van der Waals surface area contributed by atoms with Crippen molar-refractivity contribution in [1.29, 1.82) is 0 Å². The van der Waals surface area contributed by atoms with Crippen LogP contribution in [0, 0.1) is 6.92 Å². The minimum Gasteiger partial charge on any atom is -0.465 e. The van der Waals surface area contributed by atoms with Crippen LogP contribution in [-0.2, 0) is 6.54 Å². The minimum absolute atomic E-state index is 0.360. The van der Waals surface area contributed by atoms with Gasteiger partial charge < -0.3 is 5.11 Å². The van der Waals surface area contributed by atoms with E-state index in [9.17, 15) is 9.90 Å². The van der Waals surface area contributed by atoms with Crippen LogP contribution in [0.1, 0.15) is 11.1 Å². The van der Waals surface area contributed by atoms with Gasteiger partial charge in [-0.3, -0.25) is 4.90 Å². The molecule has 0 bridgehead atoms. The Balaban J connectivity index is 2.24. The molecule has 1 N–H and O–H groups in total. The zero-order valence-electron chi connectivity index (χ0n) is 10.2. The van der Waals surface area contributed by atoms with Crippen LogP contribution in [0.2, 0.25) is 0 Å². The van der Waals surface area contributed by atoms with Crippen molar-refractivity contribution in [2.45, 2.75) is 13.5 Å². The summed E-state index contributed by atoms with van der Waals surface area (Å²) in [5.74, 6) is 0. The minimum atomic E-state index is -0.942. The largest absolute Gasteiger partial charge is 0.465 e. The quantitative estimate of drug-likeness (QED) is 0.890. The fourth-order valence-corrected chi connectivity index (χ4v) is 1.76. The molecule has 0 aliphatic heterocycles. The van der Waals surface area contributed by atoms with Crippen LogP contribution >= 0.6 is 0 Å². The fraction of sp³-hybridized carbons (Fsp3) is 0.133. The van der Waals surface area contributed by atoms with Gasteiger partial charge in [0.2, 0.25) is 0 Å². The summed E-state index contributed by atoms with van der Waals surface area (Å²) in [6, 6.07) is 17.1. The molecule has 0 fully saturated rings. The first-order valence-corrected chi connectivity index (χ1v) is 5.78. The summed E-state index contributed by atoms with van der Waals surface area (Å²) in [6.07, 6.45) is -0.942. The molecule has 0 atom stereocenters. The molecule has 2 aromatic rings. The molecule has 0 aromatic heterocycles. The van der Waals surface area contributed by atoms with E-state index in [1.54, 1.807) is 0 Å². The first-order chi connectivity index (χ1) is 8.66. The number of benzene rings is 2. The van der Waals surface area contributed by atoms with Crippen molar-refractivity contribution in [1.82, 2.24) is 0 Å². The van der Waals surface area contributed by atoms with E-state index in [1.165, 1.54) is 4.90 Å². The number of hydrogen-bond donors (Lipinski definition) is 1. The Morgan fingerprint density at radius 2 is 1.67 bits per heavy atom. The lowest BCUT2D eigenvalue weighted by Crippen LogP contribution is -2.28. The van der Waals surface area contributed by atoms with E-state index in [0.717, 1.165) is 11.1 Å². The van der Waals surface area contributed by atoms with Crippen molar-refractivity contribution in [3.05, 3.63) is 65.7 Å². The smallest absolute Gasteiger partial charge is 0.412 e. The van der Waals surface area contributed by atoms with Gasteiger partial charge >= 0.3 is 6.09 Å². The number of anilines is 1. The summed E-state index contributed by atoms with van der Waals surface area (Å²) in [5.41, 5.74) is 2.78. The van der Waals surface area contributed by atoms with E-state index < -0.39 is 6.09 Å². The highest BCUT2D eigenvalue weighted by atomic mass is 16.4. The monoisotopic (exact) mass is 241 g/mol. The second-order valence-electron chi connectivity index (χ2n) is 4.19. The predicted molar refractivity (Wildman–Crippen MR) is 71.8 cm³/mol. The molecule has 18 heavy (non-hydrogen) atoms. The fourth-order valence-electron chi connectivity index (χ4n) is 1.76. The first-order valence-electron chi connectivity index (χ1n) is 5.78. The number of carbonyl (C=O) groups is 1. The summed E-state index contributed by atoms with van der Waals surface area (Å²) < 4.78 is 0. The van der Waals surface area contributed by atoms with Crippen LogP contribution in [0.15, 0.2) is 54.6 Å². The summed E-state index contributed by atoms with van der Waals surface area (Å²) >= 11 is 0. The van der Waals surface area contributed by atoms with Gasteiger partial charge in [-0.15, -0.1) is 0 Å². The Morgan fingerprint density at radius 1 is 1.06 bits per heavy atom. The van der Waals surface area contributed by atoms with Crippen LogP contribution in [0.5, 0.6) is 0 Å². The van der Waals surface area contributed by atoms with Gasteiger partial charge in [0.25, 0.3) is 0 Å². The molecule has 0 heterocycles. The molecule has 3 heteroatoms. The molecular weight excluding hydrogens is 226 g/mol. The van der Waals surface area contributed by atoms with Gasteiger partial charge in [0.1, 0.15) is 0 Å². The van der Waals surface area contributed by atoms with Crippen molar-refractivity contribution in [3.63, 3.8) is 0 Å². The lowest BCUT2D eigenvalue weighted by Gasteiger charge is -2.19. The molecule has 0 aliphatic carbocycles.